The van der Waals surface area contributed by atoms with Crippen LogP contribution in [0.5, 0.6) is 0 Å². The molecule has 0 saturated heterocycles. The van der Waals surface area contributed by atoms with Crippen molar-refractivity contribution in [3.8, 4) is 0 Å². The highest BCUT2D eigenvalue weighted by atomic mass is 16.3. The molecule has 0 atom stereocenters. The first-order chi connectivity index (χ1) is 7.91. The van der Waals surface area contributed by atoms with Crippen LogP contribution in [0.1, 0.15) is 29.2 Å². The summed E-state index contributed by atoms with van der Waals surface area (Å²) in [6.45, 7) is 8.59. The van der Waals surface area contributed by atoms with Crippen molar-refractivity contribution < 1.29 is 10.2 Å². The average molecular weight is 237 g/mol. The van der Waals surface area contributed by atoms with E-state index in [0.717, 1.165) is 0 Å². The van der Waals surface area contributed by atoms with Gasteiger partial charge in [0.25, 0.3) is 0 Å². The predicted molar refractivity (Wildman–Crippen MR) is 70.1 cm³/mol. The molecule has 96 valence electrons. The maximum absolute atomic E-state index is 9.22. The van der Waals surface area contributed by atoms with Crippen molar-refractivity contribution in [1.29, 1.82) is 0 Å². The summed E-state index contributed by atoms with van der Waals surface area (Å²) in [6.07, 6.45) is 0. The van der Waals surface area contributed by atoms with E-state index in [9.17, 15) is 10.2 Å². The molecule has 0 spiro atoms. The van der Waals surface area contributed by atoms with Gasteiger partial charge in [0.1, 0.15) is 0 Å². The molecular formula is C14H23NO2. The van der Waals surface area contributed by atoms with E-state index in [1.807, 2.05) is 6.92 Å². The molecule has 3 nitrogen and oxygen atoms in total. The second-order valence-electron chi connectivity index (χ2n) is 5.11. The summed E-state index contributed by atoms with van der Waals surface area (Å²) in [5.74, 6) is 0. The summed E-state index contributed by atoms with van der Waals surface area (Å²) in [7, 11) is 0. The number of aryl methyl sites for hydroxylation is 3. The van der Waals surface area contributed by atoms with Crippen LogP contribution in [0, 0.1) is 20.8 Å². The number of rotatable bonds is 5. The molecule has 1 aromatic rings. The van der Waals surface area contributed by atoms with Gasteiger partial charge in [-0.3, -0.25) is 0 Å². The Morgan fingerprint density at radius 3 is 1.94 bits per heavy atom. The van der Waals surface area contributed by atoms with Gasteiger partial charge >= 0.3 is 0 Å². The molecule has 0 heterocycles. The summed E-state index contributed by atoms with van der Waals surface area (Å²) in [4.78, 5) is 0. The zero-order chi connectivity index (χ0) is 13.1. The van der Waals surface area contributed by atoms with E-state index in [1.165, 1.54) is 22.3 Å². The number of hydrogen-bond donors (Lipinski definition) is 3. The Hall–Kier alpha value is -0.900. The molecule has 0 fully saturated rings. The van der Waals surface area contributed by atoms with E-state index >= 15 is 0 Å². The van der Waals surface area contributed by atoms with Gasteiger partial charge in [-0.1, -0.05) is 17.7 Å². The third kappa shape index (κ3) is 3.53. The van der Waals surface area contributed by atoms with Crippen LogP contribution >= 0.6 is 0 Å². The van der Waals surface area contributed by atoms with Gasteiger partial charge in [-0.25, -0.2) is 0 Å². The standard InChI is InChI=1S/C14H23NO2/c1-10-5-11(2)13(12(3)6-10)7-15-14(4,8-16)9-17/h5-6,15-17H,7-9H2,1-4H3. The SMILES string of the molecule is Cc1cc(C)c(CNC(C)(CO)CO)c(C)c1. The highest BCUT2D eigenvalue weighted by Gasteiger charge is 2.21. The lowest BCUT2D eigenvalue weighted by atomic mass is 9.98. The number of hydrogen-bond acceptors (Lipinski definition) is 3. The molecule has 0 saturated carbocycles. The lowest BCUT2D eigenvalue weighted by molar-refractivity contribution is 0.103. The molecule has 0 aromatic heterocycles. The molecular weight excluding hydrogens is 214 g/mol. The topological polar surface area (TPSA) is 52.5 Å². The van der Waals surface area contributed by atoms with E-state index in [0.29, 0.717) is 6.54 Å². The summed E-state index contributed by atoms with van der Waals surface area (Å²) in [5.41, 5.74) is 4.37. The van der Waals surface area contributed by atoms with Crippen LogP contribution in [0.2, 0.25) is 0 Å². The van der Waals surface area contributed by atoms with Gasteiger partial charge in [-0.2, -0.15) is 0 Å². The summed E-state index contributed by atoms with van der Waals surface area (Å²) in [5, 5.41) is 21.7. The van der Waals surface area contributed by atoms with Crippen molar-refractivity contribution in [2.24, 2.45) is 0 Å². The van der Waals surface area contributed by atoms with Crippen LogP contribution in [0.3, 0.4) is 0 Å². The monoisotopic (exact) mass is 237 g/mol. The number of aliphatic hydroxyl groups is 2. The van der Waals surface area contributed by atoms with E-state index in [4.69, 9.17) is 0 Å². The van der Waals surface area contributed by atoms with E-state index in [2.05, 4.69) is 38.2 Å². The van der Waals surface area contributed by atoms with Gasteiger partial charge in [0.2, 0.25) is 0 Å². The Morgan fingerprint density at radius 2 is 1.53 bits per heavy atom. The Morgan fingerprint density at radius 1 is 1.06 bits per heavy atom. The fraction of sp³-hybridized carbons (Fsp3) is 0.571. The second-order valence-corrected chi connectivity index (χ2v) is 5.11. The maximum Gasteiger partial charge on any atom is 0.0633 e. The summed E-state index contributed by atoms with van der Waals surface area (Å²) < 4.78 is 0. The van der Waals surface area contributed by atoms with E-state index in [1.54, 1.807) is 0 Å². The quantitative estimate of drug-likeness (QED) is 0.726. The smallest absolute Gasteiger partial charge is 0.0633 e. The Bertz CT molecular complexity index is 361. The first-order valence-electron chi connectivity index (χ1n) is 5.95. The molecule has 0 radical (unpaired) electrons. The van der Waals surface area contributed by atoms with Crippen molar-refractivity contribution >= 4 is 0 Å². The Kier molecular flexibility index (Phi) is 4.69. The van der Waals surface area contributed by atoms with Crippen molar-refractivity contribution in [2.75, 3.05) is 13.2 Å². The molecule has 0 aliphatic heterocycles. The second kappa shape index (κ2) is 5.63. The third-order valence-corrected chi connectivity index (χ3v) is 3.23. The normalized spacial score (nSPS) is 11.9. The molecule has 0 aliphatic rings. The Balaban J connectivity index is 2.83. The zero-order valence-electron chi connectivity index (χ0n) is 11.2. The van der Waals surface area contributed by atoms with Crippen molar-refractivity contribution in [3.05, 3.63) is 34.4 Å². The third-order valence-electron chi connectivity index (χ3n) is 3.23. The van der Waals surface area contributed by atoms with Gasteiger partial charge in [0.05, 0.1) is 18.8 Å². The fourth-order valence-electron chi connectivity index (χ4n) is 1.95. The minimum Gasteiger partial charge on any atom is -0.394 e. The zero-order valence-corrected chi connectivity index (χ0v) is 11.2. The van der Waals surface area contributed by atoms with E-state index in [-0.39, 0.29) is 13.2 Å². The minimum absolute atomic E-state index is 0.0759. The number of aliphatic hydroxyl groups excluding tert-OH is 2. The highest BCUT2D eigenvalue weighted by molar-refractivity contribution is 5.37. The lowest BCUT2D eigenvalue weighted by Crippen LogP contribution is -2.48. The van der Waals surface area contributed by atoms with Crippen LogP contribution in [0.4, 0.5) is 0 Å². The molecule has 1 aromatic carbocycles. The molecule has 0 bridgehead atoms. The first kappa shape index (κ1) is 14.2. The van der Waals surface area contributed by atoms with E-state index < -0.39 is 5.54 Å². The van der Waals surface area contributed by atoms with Crippen molar-refractivity contribution in [1.82, 2.24) is 5.32 Å². The largest absolute Gasteiger partial charge is 0.394 e. The van der Waals surface area contributed by atoms with Gasteiger partial charge in [0, 0.05) is 6.54 Å². The molecule has 1 rings (SSSR count). The first-order valence-corrected chi connectivity index (χ1v) is 5.95. The number of nitrogens with one attached hydrogen (secondary N) is 1. The van der Waals surface area contributed by atoms with Gasteiger partial charge in [0.15, 0.2) is 0 Å². The molecule has 0 aliphatic carbocycles. The predicted octanol–water partition coefficient (Wildman–Crippen LogP) is 1.44. The van der Waals surface area contributed by atoms with Crippen LogP contribution in [-0.2, 0) is 6.54 Å². The lowest BCUT2D eigenvalue weighted by Gasteiger charge is -2.27. The van der Waals surface area contributed by atoms with Crippen LogP contribution < -0.4 is 5.32 Å². The van der Waals surface area contributed by atoms with Crippen molar-refractivity contribution in [2.45, 2.75) is 39.8 Å². The molecule has 17 heavy (non-hydrogen) atoms. The summed E-state index contributed by atoms with van der Waals surface area (Å²) >= 11 is 0. The highest BCUT2D eigenvalue weighted by Crippen LogP contribution is 2.17. The van der Waals surface area contributed by atoms with Gasteiger partial charge in [-0.05, 0) is 44.4 Å². The van der Waals surface area contributed by atoms with Crippen LogP contribution in [0.25, 0.3) is 0 Å². The molecule has 3 N–H and O–H groups in total. The van der Waals surface area contributed by atoms with Crippen LogP contribution in [-0.4, -0.2) is 29.0 Å². The van der Waals surface area contributed by atoms with Gasteiger partial charge in [-0.15, -0.1) is 0 Å². The minimum atomic E-state index is -0.621. The number of benzene rings is 1. The molecule has 3 heteroatoms. The summed E-state index contributed by atoms with van der Waals surface area (Å²) in [6, 6.07) is 4.30. The van der Waals surface area contributed by atoms with Crippen molar-refractivity contribution in [3.63, 3.8) is 0 Å². The maximum atomic E-state index is 9.22. The molecule has 0 amide bonds. The van der Waals surface area contributed by atoms with Gasteiger partial charge < -0.3 is 15.5 Å². The molecule has 0 unspecified atom stereocenters. The fourth-order valence-corrected chi connectivity index (χ4v) is 1.95. The Labute approximate surface area is 103 Å². The average Bonchev–Trinajstić information content (AvgIpc) is 2.27. The van der Waals surface area contributed by atoms with Crippen LogP contribution in [0.15, 0.2) is 12.1 Å².